The van der Waals surface area contributed by atoms with Crippen molar-refractivity contribution in [3.63, 3.8) is 0 Å². The van der Waals surface area contributed by atoms with Gasteiger partial charge in [-0.3, -0.25) is 15.0 Å². The molecule has 0 aliphatic heterocycles. The fourth-order valence-corrected chi connectivity index (χ4v) is 1.80. The van der Waals surface area contributed by atoms with Crippen molar-refractivity contribution in [1.82, 2.24) is 10.9 Å². The summed E-state index contributed by atoms with van der Waals surface area (Å²) >= 11 is 0. The zero-order valence-corrected chi connectivity index (χ0v) is 14.5. The van der Waals surface area contributed by atoms with Gasteiger partial charge >= 0.3 is 18.0 Å². The summed E-state index contributed by atoms with van der Waals surface area (Å²) in [6.07, 6.45) is -6.96. The van der Waals surface area contributed by atoms with Gasteiger partial charge in [0.1, 0.15) is 5.75 Å². The topological polar surface area (TPSA) is 67.4 Å². The molecule has 0 aliphatic rings. The van der Waals surface area contributed by atoms with Crippen LogP contribution >= 0.6 is 0 Å². The molecule has 28 heavy (non-hydrogen) atoms. The first-order chi connectivity index (χ1) is 12.7. The van der Waals surface area contributed by atoms with E-state index in [9.17, 15) is 40.3 Å². The molecule has 5 nitrogen and oxygen atoms in total. The molecule has 0 unspecified atom stereocenters. The summed E-state index contributed by atoms with van der Waals surface area (Å²) in [5, 5.41) is 0. The zero-order chi connectivity index (χ0) is 21.8. The highest BCUT2D eigenvalue weighted by Crippen LogP contribution is 2.47. The Morgan fingerprint density at radius 3 is 2.00 bits per heavy atom. The molecule has 0 radical (unpaired) electrons. The van der Waals surface area contributed by atoms with Gasteiger partial charge in [0.25, 0.3) is 0 Å². The number of hydrogen-bond acceptors (Lipinski definition) is 4. The predicted molar refractivity (Wildman–Crippen MR) is 82.7 cm³/mol. The second kappa shape index (κ2) is 8.48. The quantitative estimate of drug-likeness (QED) is 0.388. The van der Waals surface area contributed by atoms with Crippen LogP contribution < -0.4 is 15.6 Å². The van der Waals surface area contributed by atoms with Gasteiger partial charge in [-0.15, -0.1) is 0 Å². The van der Waals surface area contributed by atoms with Crippen molar-refractivity contribution in [3.8, 4) is 5.75 Å². The monoisotopic (exact) mass is 416 g/mol. The van der Waals surface area contributed by atoms with E-state index in [2.05, 4.69) is 0 Å². The van der Waals surface area contributed by atoms with Crippen molar-refractivity contribution in [2.75, 3.05) is 7.11 Å². The maximum Gasteiger partial charge on any atom is 0.460 e. The summed E-state index contributed by atoms with van der Waals surface area (Å²) in [7, 11) is 1.44. The maximum atomic E-state index is 13.2. The second-order valence-electron chi connectivity index (χ2n) is 5.54. The number of carbonyl (C=O) groups excluding carboxylic acids is 2. The Kier molecular flexibility index (Phi) is 7.04. The average molecular weight is 416 g/mol. The summed E-state index contributed by atoms with van der Waals surface area (Å²) in [6, 6.07) is 6.26. The van der Waals surface area contributed by atoms with Crippen molar-refractivity contribution >= 4 is 11.7 Å². The summed E-state index contributed by atoms with van der Waals surface area (Å²) in [4.78, 5) is 22.9. The van der Waals surface area contributed by atoms with E-state index in [-0.39, 0.29) is 12.5 Å². The molecule has 1 aromatic rings. The molecule has 0 heterocycles. The highest BCUT2D eigenvalue weighted by atomic mass is 19.4. The number of hydrazine groups is 1. The summed E-state index contributed by atoms with van der Waals surface area (Å²) in [6.45, 7) is 0.910. The number of carbonyl (C=O) groups is 2. The van der Waals surface area contributed by atoms with Crippen LogP contribution in [0.3, 0.4) is 0 Å². The van der Waals surface area contributed by atoms with Crippen LogP contribution in [-0.2, 0) is 16.0 Å². The van der Waals surface area contributed by atoms with E-state index in [4.69, 9.17) is 4.74 Å². The number of rotatable bonds is 8. The maximum absolute atomic E-state index is 13.2. The molecule has 1 aromatic carbocycles. The van der Waals surface area contributed by atoms with Gasteiger partial charge in [-0.05, 0) is 24.6 Å². The molecule has 0 saturated heterocycles. The first kappa shape index (κ1) is 23.2. The molecule has 2 N–H and O–H groups in total. The number of allylic oxidation sites excluding steroid dienone is 2. The van der Waals surface area contributed by atoms with Crippen LogP contribution in [-0.4, -0.2) is 36.8 Å². The van der Waals surface area contributed by atoms with Crippen LogP contribution in [0, 0.1) is 0 Å². The van der Waals surface area contributed by atoms with E-state index in [1.54, 1.807) is 24.3 Å². The minimum Gasteiger partial charge on any atom is -0.497 e. The van der Waals surface area contributed by atoms with Gasteiger partial charge in [0.15, 0.2) is 0 Å². The third-order valence-electron chi connectivity index (χ3n) is 3.33. The average Bonchev–Trinajstić information content (AvgIpc) is 2.59. The van der Waals surface area contributed by atoms with Crippen molar-refractivity contribution in [2.45, 2.75) is 31.4 Å². The Morgan fingerprint density at radius 1 is 1.00 bits per heavy atom. The number of nitrogens with one attached hydrogen (secondary N) is 2. The number of hydrogen-bond donors (Lipinski definition) is 2. The highest BCUT2D eigenvalue weighted by molar-refractivity contribution is 5.97. The Labute approximate surface area is 154 Å². The fraction of sp³-hybridized carbons (Fsp3) is 0.375. The lowest BCUT2D eigenvalue weighted by molar-refractivity contribution is -0.342. The Bertz CT molecular complexity index is 744. The van der Waals surface area contributed by atoms with Crippen molar-refractivity contribution < 1.29 is 45.1 Å². The molecule has 0 atom stereocenters. The summed E-state index contributed by atoms with van der Waals surface area (Å²) in [5.41, 5.74) is 3.92. The minimum absolute atomic E-state index is 0.159. The number of benzene rings is 1. The van der Waals surface area contributed by atoms with E-state index < -0.39 is 35.4 Å². The van der Waals surface area contributed by atoms with E-state index in [1.165, 1.54) is 7.11 Å². The third-order valence-corrected chi connectivity index (χ3v) is 3.33. The van der Waals surface area contributed by atoms with E-state index in [0.717, 1.165) is 6.92 Å². The standard InChI is InChI=1S/C16H15F7N2O3/c1-9(7-12(26)14(17,18)15(19,20)16(21,22)23)24-25-13(27)8-10-3-5-11(28-2)6-4-10/h3-7,24H,8H2,1-2H3,(H,25,27)/b9-7+. The lowest BCUT2D eigenvalue weighted by Crippen LogP contribution is -2.55. The van der Waals surface area contributed by atoms with Gasteiger partial charge in [0.05, 0.1) is 13.5 Å². The number of alkyl halides is 7. The molecule has 0 bridgehead atoms. The zero-order valence-electron chi connectivity index (χ0n) is 14.5. The fourth-order valence-electron chi connectivity index (χ4n) is 1.80. The van der Waals surface area contributed by atoms with Crippen molar-refractivity contribution in [3.05, 3.63) is 41.6 Å². The van der Waals surface area contributed by atoms with Crippen LogP contribution in [0.25, 0.3) is 0 Å². The molecule has 0 aromatic heterocycles. The molecule has 0 aliphatic carbocycles. The van der Waals surface area contributed by atoms with Gasteiger partial charge in [-0.25, -0.2) is 0 Å². The number of amides is 1. The number of ether oxygens (including phenoxy) is 1. The van der Waals surface area contributed by atoms with Gasteiger partial charge in [-0.2, -0.15) is 30.7 Å². The van der Waals surface area contributed by atoms with E-state index in [0.29, 0.717) is 11.3 Å². The largest absolute Gasteiger partial charge is 0.497 e. The molecular weight excluding hydrogens is 401 g/mol. The molecule has 1 rings (SSSR count). The smallest absolute Gasteiger partial charge is 0.460 e. The molecule has 12 heteroatoms. The normalized spacial score (nSPS) is 13.1. The first-order valence-electron chi connectivity index (χ1n) is 7.45. The van der Waals surface area contributed by atoms with Gasteiger partial charge in [0.2, 0.25) is 11.7 Å². The number of ketones is 1. The van der Waals surface area contributed by atoms with Crippen LogP contribution in [0.5, 0.6) is 5.75 Å². The van der Waals surface area contributed by atoms with Gasteiger partial charge in [-0.1, -0.05) is 12.1 Å². The molecule has 1 amide bonds. The lowest BCUT2D eigenvalue weighted by atomic mass is 10.1. The minimum atomic E-state index is -6.62. The van der Waals surface area contributed by atoms with Crippen LogP contribution in [0.4, 0.5) is 30.7 Å². The summed E-state index contributed by atoms with van der Waals surface area (Å²) < 4.78 is 93.1. The van der Waals surface area contributed by atoms with Crippen LogP contribution in [0.1, 0.15) is 12.5 Å². The Balaban J connectivity index is 2.70. The van der Waals surface area contributed by atoms with E-state index >= 15 is 0 Å². The van der Waals surface area contributed by atoms with Crippen molar-refractivity contribution in [2.24, 2.45) is 0 Å². The van der Waals surface area contributed by atoms with Crippen molar-refractivity contribution in [1.29, 1.82) is 0 Å². The Hall–Kier alpha value is -2.79. The molecule has 0 spiro atoms. The van der Waals surface area contributed by atoms with Crippen LogP contribution in [0.15, 0.2) is 36.0 Å². The molecule has 0 saturated carbocycles. The van der Waals surface area contributed by atoms with Gasteiger partial charge < -0.3 is 10.2 Å². The lowest BCUT2D eigenvalue weighted by Gasteiger charge is -2.26. The Morgan fingerprint density at radius 2 is 1.54 bits per heavy atom. The highest BCUT2D eigenvalue weighted by Gasteiger charge is 2.75. The second-order valence-corrected chi connectivity index (χ2v) is 5.54. The molecule has 0 fully saturated rings. The SMILES string of the molecule is COc1ccc(CC(=O)NN/C(C)=C/C(=O)C(F)(F)C(F)(F)C(F)(F)F)cc1. The number of halogens is 7. The first-order valence-corrected chi connectivity index (χ1v) is 7.45. The third kappa shape index (κ3) is 5.36. The number of methoxy groups -OCH3 is 1. The predicted octanol–water partition coefficient (Wildman–Crippen LogP) is 3.16. The van der Waals surface area contributed by atoms with E-state index in [1.807, 2.05) is 10.9 Å². The van der Waals surface area contributed by atoms with Crippen LogP contribution in [0.2, 0.25) is 0 Å². The molecule has 156 valence electrons. The molecular formula is C16H15F7N2O3. The summed E-state index contributed by atoms with van der Waals surface area (Å²) in [5.74, 6) is -15.5. The van der Waals surface area contributed by atoms with Gasteiger partial charge in [0, 0.05) is 11.8 Å².